The molecule has 2 aliphatic heterocycles. The number of anilines is 1. The van der Waals surface area contributed by atoms with Crippen LogP contribution >= 0.6 is 23.2 Å². The lowest BCUT2D eigenvalue weighted by atomic mass is 9.84. The Morgan fingerprint density at radius 1 is 1.00 bits per heavy atom. The Balaban J connectivity index is 1.23. The molecule has 2 atom stereocenters. The highest BCUT2D eigenvalue weighted by atomic mass is 35.5. The van der Waals surface area contributed by atoms with Gasteiger partial charge in [-0.05, 0) is 76.4 Å². The number of hydrogen-bond donors (Lipinski definition) is 1. The van der Waals surface area contributed by atoms with E-state index in [-0.39, 0.29) is 11.9 Å². The second-order valence-electron chi connectivity index (χ2n) is 11.3. The van der Waals surface area contributed by atoms with E-state index in [1.807, 2.05) is 26.0 Å². The maximum Gasteiger partial charge on any atom is 0.338 e. The lowest BCUT2D eigenvalue weighted by Crippen LogP contribution is -2.64. The van der Waals surface area contributed by atoms with Crippen LogP contribution in [0.3, 0.4) is 0 Å². The minimum Gasteiger partial charge on any atom is -0.462 e. The molecule has 3 heterocycles. The summed E-state index contributed by atoms with van der Waals surface area (Å²) in [6.45, 7) is 9.18. The molecular weight excluding hydrogens is 561 g/mol. The molecule has 8 nitrogen and oxygen atoms in total. The average molecular weight is 603 g/mol. The third-order valence-corrected chi connectivity index (χ3v) is 9.31. The van der Waals surface area contributed by atoms with Gasteiger partial charge in [-0.15, -0.1) is 0 Å². The minimum atomic E-state index is -0.311. The number of nitrogens with one attached hydrogen (secondary N) is 1. The molecule has 0 unspecified atom stereocenters. The number of nitrogens with zero attached hydrogens (tertiary/aromatic N) is 4. The summed E-state index contributed by atoms with van der Waals surface area (Å²) in [6.07, 6.45) is 8.63. The van der Waals surface area contributed by atoms with Crippen molar-refractivity contribution in [2.75, 3.05) is 44.2 Å². The third kappa shape index (κ3) is 6.82. The number of amides is 1. The Morgan fingerprint density at radius 3 is 2.46 bits per heavy atom. The molecule has 1 aromatic heterocycles. The quantitative estimate of drug-likeness (QED) is 0.405. The molecule has 3 aliphatic rings. The van der Waals surface area contributed by atoms with Crippen molar-refractivity contribution >= 4 is 40.9 Å². The Labute approximate surface area is 253 Å². The second-order valence-corrected chi connectivity index (χ2v) is 12.1. The van der Waals surface area contributed by atoms with Crippen molar-refractivity contribution in [1.82, 2.24) is 20.1 Å². The van der Waals surface area contributed by atoms with E-state index in [1.165, 1.54) is 19.3 Å². The molecular formula is C31H41Cl2N5O3. The van der Waals surface area contributed by atoms with Gasteiger partial charge in [0, 0.05) is 55.5 Å². The molecule has 41 heavy (non-hydrogen) atoms. The number of likely N-dealkylation sites (tertiary alicyclic amines) is 1. The van der Waals surface area contributed by atoms with Gasteiger partial charge in [-0.1, -0.05) is 42.1 Å². The normalized spacial score (nSPS) is 22.3. The molecule has 1 aliphatic carbocycles. The second kappa shape index (κ2) is 13.7. The molecule has 0 bridgehead atoms. The van der Waals surface area contributed by atoms with Gasteiger partial charge in [0.15, 0.2) is 0 Å². The van der Waals surface area contributed by atoms with E-state index < -0.39 is 0 Å². The van der Waals surface area contributed by atoms with Crippen molar-refractivity contribution in [1.29, 1.82) is 0 Å². The maximum atomic E-state index is 12.5. The van der Waals surface area contributed by atoms with Crippen molar-refractivity contribution in [3.05, 3.63) is 57.2 Å². The number of esters is 1. The third-order valence-electron chi connectivity index (χ3n) is 8.80. The number of benzene rings is 1. The highest BCUT2D eigenvalue weighted by Crippen LogP contribution is 2.38. The summed E-state index contributed by atoms with van der Waals surface area (Å²) in [5, 5.41) is 3.91. The summed E-state index contributed by atoms with van der Waals surface area (Å²) >= 11 is 12.9. The van der Waals surface area contributed by atoms with Crippen LogP contribution < -0.4 is 10.2 Å². The van der Waals surface area contributed by atoms with E-state index in [1.54, 1.807) is 18.3 Å². The number of rotatable bonds is 8. The van der Waals surface area contributed by atoms with E-state index in [4.69, 9.17) is 27.9 Å². The lowest BCUT2D eigenvalue weighted by molar-refractivity contribution is 0.0298. The molecule has 1 saturated carbocycles. The molecule has 10 heteroatoms. The van der Waals surface area contributed by atoms with Gasteiger partial charge in [0.25, 0.3) is 5.91 Å². The molecule has 3 fully saturated rings. The molecule has 1 amide bonds. The van der Waals surface area contributed by atoms with Crippen LogP contribution in [-0.2, 0) is 11.3 Å². The van der Waals surface area contributed by atoms with Crippen molar-refractivity contribution in [2.24, 2.45) is 0 Å². The first-order valence-electron chi connectivity index (χ1n) is 15.0. The number of halogens is 2. The van der Waals surface area contributed by atoms with Crippen LogP contribution in [0.15, 0.2) is 30.5 Å². The summed E-state index contributed by atoms with van der Waals surface area (Å²) in [6, 6.07) is 8.66. The molecule has 5 rings (SSSR count). The van der Waals surface area contributed by atoms with Crippen molar-refractivity contribution < 1.29 is 14.3 Å². The number of carbonyl (C=O) groups excluding carboxylic acids is 2. The molecule has 0 spiro atoms. The predicted octanol–water partition coefficient (Wildman–Crippen LogP) is 5.41. The Morgan fingerprint density at radius 2 is 1.76 bits per heavy atom. The van der Waals surface area contributed by atoms with Crippen LogP contribution in [0, 0.1) is 0 Å². The summed E-state index contributed by atoms with van der Waals surface area (Å²) < 4.78 is 5.28. The number of pyridine rings is 1. The first-order valence-corrected chi connectivity index (χ1v) is 15.8. The fourth-order valence-electron chi connectivity index (χ4n) is 6.88. The van der Waals surface area contributed by atoms with Crippen LogP contribution in [0.4, 0.5) is 5.82 Å². The SMILES string of the molecule is CCNC(=O)c1cnc(N2CCN(C3CCN(Cc4ccc(Cl)cc4C(=O)OCC)CC3)[C@@H]3CCCC[C@@H]32)c(Cl)c1. The van der Waals surface area contributed by atoms with E-state index in [2.05, 4.69) is 25.0 Å². The highest BCUT2D eigenvalue weighted by molar-refractivity contribution is 6.33. The molecule has 1 N–H and O–H groups in total. The summed E-state index contributed by atoms with van der Waals surface area (Å²) in [5.74, 6) is 0.342. The van der Waals surface area contributed by atoms with Crippen LogP contribution in [-0.4, -0.2) is 84.1 Å². The van der Waals surface area contributed by atoms with E-state index in [0.29, 0.717) is 59.0 Å². The number of hydrogen-bond acceptors (Lipinski definition) is 7. The molecule has 2 aromatic rings. The van der Waals surface area contributed by atoms with Crippen LogP contribution in [0.1, 0.15) is 78.7 Å². The van der Waals surface area contributed by atoms with Gasteiger partial charge in [0.1, 0.15) is 5.82 Å². The zero-order valence-corrected chi connectivity index (χ0v) is 25.6. The smallest absolute Gasteiger partial charge is 0.338 e. The average Bonchev–Trinajstić information content (AvgIpc) is 2.98. The summed E-state index contributed by atoms with van der Waals surface area (Å²) in [4.78, 5) is 37.1. The molecule has 222 valence electrons. The van der Waals surface area contributed by atoms with Gasteiger partial charge < -0.3 is 15.0 Å². The van der Waals surface area contributed by atoms with E-state index in [0.717, 1.165) is 56.8 Å². The summed E-state index contributed by atoms with van der Waals surface area (Å²) in [5.41, 5.74) is 2.03. The van der Waals surface area contributed by atoms with Gasteiger partial charge in [-0.3, -0.25) is 14.6 Å². The Hall–Kier alpha value is -2.39. The minimum absolute atomic E-state index is 0.145. The first kappa shape index (κ1) is 30.1. The number of ether oxygens (including phenoxy) is 1. The number of fused-ring (bicyclic) bond motifs is 1. The zero-order chi connectivity index (χ0) is 28.9. The van der Waals surface area contributed by atoms with Gasteiger partial charge in [0.05, 0.1) is 22.8 Å². The number of piperazine rings is 1. The van der Waals surface area contributed by atoms with Gasteiger partial charge >= 0.3 is 5.97 Å². The van der Waals surface area contributed by atoms with Gasteiger partial charge in [-0.25, -0.2) is 9.78 Å². The topological polar surface area (TPSA) is 78.0 Å². The van der Waals surface area contributed by atoms with Crippen molar-refractivity contribution in [3.8, 4) is 0 Å². The summed E-state index contributed by atoms with van der Waals surface area (Å²) in [7, 11) is 0. The fraction of sp³-hybridized carbons (Fsp3) is 0.581. The number of carbonyl (C=O) groups is 2. The maximum absolute atomic E-state index is 12.5. The highest BCUT2D eigenvalue weighted by Gasteiger charge is 2.42. The lowest BCUT2D eigenvalue weighted by Gasteiger charge is -2.54. The standard InChI is InChI=1S/C31H41Cl2N5O3/c1-3-34-30(39)22-17-26(33)29(35-19-22)38-16-15-37(27-7-5-6-8-28(27)38)24-11-13-36(14-12-24)20-21-9-10-23(32)18-25(21)31(40)41-4-2/h9-10,17-19,24,27-28H,3-8,11-16,20H2,1-2H3,(H,34,39)/t27-,28+/m1/s1. The van der Waals surface area contributed by atoms with Crippen LogP contribution in [0.25, 0.3) is 0 Å². The molecule has 0 radical (unpaired) electrons. The van der Waals surface area contributed by atoms with Crippen molar-refractivity contribution in [3.63, 3.8) is 0 Å². The molecule has 2 saturated heterocycles. The molecule has 1 aromatic carbocycles. The monoisotopic (exact) mass is 601 g/mol. The Kier molecular flexibility index (Phi) is 10.1. The van der Waals surface area contributed by atoms with Crippen molar-refractivity contribution in [2.45, 2.75) is 77.0 Å². The first-order chi connectivity index (χ1) is 19.9. The van der Waals surface area contributed by atoms with Gasteiger partial charge in [0.2, 0.25) is 0 Å². The Bertz CT molecular complexity index is 1240. The van der Waals surface area contributed by atoms with E-state index >= 15 is 0 Å². The zero-order valence-electron chi connectivity index (χ0n) is 24.1. The predicted molar refractivity (Wildman–Crippen MR) is 163 cm³/mol. The van der Waals surface area contributed by atoms with Crippen LogP contribution in [0.2, 0.25) is 10.0 Å². The number of aromatic nitrogens is 1. The number of piperidine rings is 1. The van der Waals surface area contributed by atoms with Gasteiger partial charge in [-0.2, -0.15) is 0 Å². The van der Waals surface area contributed by atoms with Crippen LogP contribution in [0.5, 0.6) is 0 Å². The fourth-order valence-corrected chi connectivity index (χ4v) is 7.32. The van der Waals surface area contributed by atoms with E-state index in [9.17, 15) is 9.59 Å². The largest absolute Gasteiger partial charge is 0.462 e.